The Morgan fingerprint density at radius 1 is 1.15 bits per heavy atom. The Kier molecular flexibility index (Phi) is 4.47. The van der Waals surface area contributed by atoms with Gasteiger partial charge in [0.2, 0.25) is 6.79 Å². The molecular formula is C21H24N2O4. The molecule has 6 nitrogen and oxygen atoms in total. The van der Waals surface area contributed by atoms with Crippen LogP contribution in [0.15, 0.2) is 42.7 Å². The predicted octanol–water partition coefficient (Wildman–Crippen LogP) is 2.76. The molecule has 3 aliphatic rings. The molecule has 2 aromatic rings. The summed E-state index contributed by atoms with van der Waals surface area (Å²) in [5.41, 5.74) is 2.32. The molecular weight excluding hydrogens is 344 g/mol. The third-order valence-electron chi connectivity index (χ3n) is 5.52. The van der Waals surface area contributed by atoms with Gasteiger partial charge in [0.05, 0.1) is 18.3 Å². The van der Waals surface area contributed by atoms with Gasteiger partial charge in [-0.15, -0.1) is 0 Å². The lowest BCUT2D eigenvalue weighted by Crippen LogP contribution is -2.65. The van der Waals surface area contributed by atoms with E-state index in [1.807, 2.05) is 18.3 Å². The fourth-order valence-electron chi connectivity index (χ4n) is 4.22. The average molecular weight is 368 g/mol. The van der Waals surface area contributed by atoms with Crippen molar-refractivity contribution >= 4 is 0 Å². The number of nitrogens with zero attached hydrogens (tertiary/aromatic N) is 2. The van der Waals surface area contributed by atoms with E-state index in [2.05, 4.69) is 28.1 Å². The minimum Gasteiger partial charge on any atom is -0.454 e. The van der Waals surface area contributed by atoms with Crippen molar-refractivity contribution in [2.24, 2.45) is 0 Å². The van der Waals surface area contributed by atoms with Gasteiger partial charge in [-0.3, -0.25) is 9.88 Å². The number of ether oxygens (including phenoxy) is 4. The van der Waals surface area contributed by atoms with Crippen LogP contribution in [0.2, 0.25) is 0 Å². The van der Waals surface area contributed by atoms with E-state index in [1.54, 1.807) is 6.20 Å². The Bertz CT molecular complexity index is 792. The topological polar surface area (TPSA) is 53.1 Å². The Morgan fingerprint density at radius 2 is 2.07 bits per heavy atom. The highest BCUT2D eigenvalue weighted by molar-refractivity contribution is 5.44. The van der Waals surface area contributed by atoms with Crippen molar-refractivity contribution in [1.82, 2.24) is 9.88 Å². The summed E-state index contributed by atoms with van der Waals surface area (Å²) in [4.78, 5) is 6.57. The molecule has 1 atom stereocenters. The maximum Gasteiger partial charge on any atom is 0.231 e. The van der Waals surface area contributed by atoms with Crippen molar-refractivity contribution < 1.29 is 18.9 Å². The Labute approximate surface area is 159 Å². The Hall–Kier alpha value is -2.15. The maximum absolute atomic E-state index is 6.15. The summed E-state index contributed by atoms with van der Waals surface area (Å²) in [5.74, 6) is 1.68. The first kappa shape index (κ1) is 17.0. The average Bonchev–Trinajstić information content (AvgIpc) is 3.14. The highest BCUT2D eigenvalue weighted by Gasteiger charge is 2.47. The highest BCUT2D eigenvalue weighted by atomic mass is 16.7. The fraction of sp³-hybridized carbons (Fsp3) is 0.476. The van der Waals surface area contributed by atoms with Crippen molar-refractivity contribution in [3.05, 3.63) is 53.9 Å². The van der Waals surface area contributed by atoms with Crippen molar-refractivity contribution in [2.75, 3.05) is 26.5 Å². The van der Waals surface area contributed by atoms with Crippen molar-refractivity contribution in [1.29, 1.82) is 0 Å². The van der Waals surface area contributed by atoms with E-state index in [0.29, 0.717) is 13.4 Å². The molecule has 0 aliphatic carbocycles. The lowest BCUT2D eigenvalue weighted by atomic mass is 9.84. The van der Waals surface area contributed by atoms with E-state index in [4.69, 9.17) is 18.9 Å². The molecule has 0 radical (unpaired) electrons. The molecule has 27 heavy (non-hydrogen) atoms. The van der Waals surface area contributed by atoms with E-state index in [-0.39, 0.29) is 11.7 Å². The van der Waals surface area contributed by atoms with Crippen LogP contribution in [0.25, 0.3) is 0 Å². The van der Waals surface area contributed by atoms with Gasteiger partial charge in [0.15, 0.2) is 11.5 Å². The largest absolute Gasteiger partial charge is 0.454 e. The van der Waals surface area contributed by atoms with Gasteiger partial charge in [0.1, 0.15) is 0 Å². The van der Waals surface area contributed by atoms with Crippen LogP contribution in [0.5, 0.6) is 11.5 Å². The molecule has 2 saturated heterocycles. The molecule has 5 rings (SSSR count). The number of hydrogen-bond donors (Lipinski definition) is 0. The zero-order valence-corrected chi connectivity index (χ0v) is 15.3. The van der Waals surface area contributed by atoms with E-state index in [0.717, 1.165) is 56.1 Å². The summed E-state index contributed by atoms with van der Waals surface area (Å²) in [6, 6.07) is 10.2. The van der Waals surface area contributed by atoms with Crippen molar-refractivity contribution in [3.63, 3.8) is 0 Å². The summed E-state index contributed by atoms with van der Waals surface area (Å²) >= 11 is 0. The van der Waals surface area contributed by atoms with Gasteiger partial charge in [0.25, 0.3) is 0 Å². The van der Waals surface area contributed by atoms with Crippen LogP contribution in [-0.2, 0) is 22.6 Å². The van der Waals surface area contributed by atoms with E-state index >= 15 is 0 Å². The number of hydrogen-bond acceptors (Lipinski definition) is 6. The summed E-state index contributed by atoms with van der Waals surface area (Å²) in [7, 11) is 0. The van der Waals surface area contributed by atoms with Crippen LogP contribution in [0.3, 0.4) is 0 Å². The van der Waals surface area contributed by atoms with Crippen LogP contribution in [0, 0.1) is 0 Å². The molecule has 0 amide bonds. The van der Waals surface area contributed by atoms with Gasteiger partial charge >= 0.3 is 0 Å². The number of fused-ring (bicyclic) bond motifs is 1. The summed E-state index contributed by atoms with van der Waals surface area (Å²) in [6.07, 6.45) is 5.84. The molecule has 1 unspecified atom stereocenters. The van der Waals surface area contributed by atoms with Crippen LogP contribution >= 0.6 is 0 Å². The first-order valence-electron chi connectivity index (χ1n) is 9.53. The maximum atomic E-state index is 6.15. The van der Waals surface area contributed by atoms with Gasteiger partial charge in [-0.05, 0) is 35.7 Å². The first-order chi connectivity index (χ1) is 13.3. The number of rotatable bonds is 5. The number of likely N-dealkylation sites (tertiary alicyclic amines) is 1. The van der Waals surface area contributed by atoms with Gasteiger partial charge < -0.3 is 18.9 Å². The quantitative estimate of drug-likeness (QED) is 0.809. The zero-order valence-electron chi connectivity index (χ0n) is 15.3. The van der Waals surface area contributed by atoms with Crippen molar-refractivity contribution in [3.8, 4) is 11.5 Å². The van der Waals surface area contributed by atoms with Crippen LogP contribution in [0.1, 0.15) is 24.0 Å². The lowest BCUT2D eigenvalue weighted by molar-refractivity contribution is -0.200. The monoisotopic (exact) mass is 368 g/mol. The molecule has 0 saturated carbocycles. The number of pyridine rings is 1. The molecule has 2 fully saturated rings. The Morgan fingerprint density at radius 3 is 2.96 bits per heavy atom. The van der Waals surface area contributed by atoms with E-state index in [1.165, 1.54) is 5.56 Å². The zero-order chi connectivity index (χ0) is 18.1. The minimum atomic E-state index is -0.0474. The molecule has 3 aliphatic heterocycles. The minimum absolute atomic E-state index is 0.0474. The smallest absolute Gasteiger partial charge is 0.231 e. The van der Waals surface area contributed by atoms with Crippen LogP contribution < -0.4 is 9.47 Å². The second-order valence-corrected chi connectivity index (χ2v) is 7.65. The standard InChI is InChI=1S/C21H24N2O4/c1-2-17(10-22-6-1)12-24-18-5-7-27-21(9-18)13-23(14-21)11-16-3-4-19-20(8-16)26-15-25-19/h1-4,6,8,10,18H,5,7,9,11-15H2. The van der Waals surface area contributed by atoms with Crippen LogP contribution in [0.4, 0.5) is 0 Å². The van der Waals surface area contributed by atoms with E-state index in [9.17, 15) is 0 Å². The SMILES string of the molecule is c1cncc(COC2CCOC3(C2)CN(Cc2ccc4c(c2)OCO4)C3)c1. The predicted molar refractivity (Wildman–Crippen MR) is 98.6 cm³/mol. The third kappa shape index (κ3) is 3.65. The molecule has 1 aromatic heterocycles. The molecule has 0 bridgehead atoms. The first-order valence-corrected chi connectivity index (χ1v) is 9.53. The Balaban J connectivity index is 1.13. The van der Waals surface area contributed by atoms with Gasteiger partial charge in [0, 0.05) is 45.1 Å². The van der Waals surface area contributed by atoms with E-state index < -0.39 is 0 Å². The fourth-order valence-corrected chi connectivity index (χ4v) is 4.22. The molecule has 0 N–H and O–H groups in total. The van der Waals surface area contributed by atoms with Gasteiger partial charge in [-0.2, -0.15) is 0 Å². The lowest BCUT2D eigenvalue weighted by Gasteiger charge is -2.53. The van der Waals surface area contributed by atoms with Gasteiger partial charge in [-0.1, -0.05) is 12.1 Å². The molecule has 4 heterocycles. The summed E-state index contributed by atoms with van der Waals surface area (Å²) < 4.78 is 23.1. The van der Waals surface area contributed by atoms with Crippen LogP contribution in [-0.4, -0.2) is 48.1 Å². The third-order valence-corrected chi connectivity index (χ3v) is 5.52. The van der Waals surface area contributed by atoms with Crippen molar-refractivity contribution in [2.45, 2.75) is 37.7 Å². The molecule has 142 valence electrons. The number of aromatic nitrogens is 1. The second-order valence-electron chi connectivity index (χ2n) is 7.65. The molecule has 1 aromatic carbocycles. The number of benzene rings is 1. The molecule has 1 spiro atoms. The molecule has 6 heteroatoms. The normalized spacial score (nSPS) is 23.3. The summed E-state index contributed by atoms with van der Waals surface area (Å²) in [6.45, 7) is 4.52. The highest BCUT2D eigenvalue weighted by Crippen LogP contribution is 2.38. The second kappa shape index (κ2) is 7.11. The summed E-state index contributed by atoms with van der Waals surface area (Å²) in [5, 5.41) is 0. The van der Waals surface area contributed by atoms with Gasteiger partial charge in [-0.25, -0.2) is 0 Å².